The minimum Gasteiger partial charge on any atom is -0.329 e. The maximum Gasteiger partial charge on any atom is 0.0544 e. The SMILES string of the molecule is CC(C)CC(CN)(CC(C)C)N(C)Cc1ccccn1. The molecule has 3 nitrogen and oxygen atoms in total. The number of hydrogen-bond acceptors (Lipinski definition) is 3. The van der Waals surface area contributed by atoms with E-state index < -0.39 is 0 Å². The second-order valence-electron chi connectivity index (χ2n) is 6.80. The second-order valence-corrected chi connectivity index (χ2v) is 6.80. The predicted molar refractivity (Wildman–Crippen MR) is 86.4 cm³/mol. The van der Waals surface area contributed by atoms with Gasteiger partial charge in [0.25, 0.3) is 0 Å². The minimum atomic E-state index is 0.0693. The Morgan fingerprint density at radius 3 is 2.15 bits per heavy atom. The molecule has 0 aliphatic heterocycles. The molecule has 0 saturated heterocycles. The van der Waals surface area contributed by atoms with Crippen LogP contribution < -0.4 is 5.73 Å². The van der Waals surface area contributed by atoms with E-state index in [1.807, 2.05) is 18.3 Å². The van der Waals surface area contributed by atoms with Crippen molar-refractivity contribution >= 4 is 0 Å². The zero-order valence-electron chi connectivity index (χ0n) is 13.8. The highest BCUT2D eigenvalue weighted by Gasteiger charge is 2.34. The summed E-state index contributed by atoms with van der Waals surface area (Å²) < 4.78 is 0. The molecule has 1 aromatic heterocycles. The highest BCUT2D eigenvalue weighted by molar-refractivity contribution is 5.05. The molecule has 0 aliphatic carbocycles. The summed E-state index contributed by atoms with van der Waals surface area (Å²) >= 11 is 0. The van der Waals surface area contributed by atoms with E-state index in [1.165, 1.54) is 0 Å². The first-order valence-electron chi connectivity index (χ1n) is 7.71. The van der Waals surface area contributed by atoms with Gasteiger partial charge in [-0.15, -0.1) is 0 Å². The number of aromatic nitrogens is 1. The van der Waals surface area contributed by atoms with Crippen molar-refractivity contribution in [3.63, 3.8) is 0 Å². The molecule has 0 spiro atoms. The van der Waals surface area contributed by atoms with Crippen molar-refractivity contribution in [3.05, 3.63) is 30.1 Å². The third-order valence-electron chi connectivity index (χ3n) is 3.89. The molecule has 0 fully saturated rings. The van der Waals surface area contributed by atoms with Crippen molar-refractivity contribution in [2.45, 2.75) is 52.6 Å². The molecule has 0 saturated carbocycles. The number of hydrogen-bond donors (Lipinski definition) is 1. The van der Waals surface area contributed by atoms with Crippen molar-refractivity contribution in [1.29, 1.82) is 0 Å². The molecule has 0 atom stereocenters. The molecule has 1 rings (SSSR count). The Bertz CT molecular complexity index is 363. The molecular weight excluding hydrogens is 246 g/mol. The Balaban J connectivity index is 2.90. The van der Waals surface area contributed by atoms with E-state index in [0.717, 1.165) is 25.1 Å². The average Bonchev–Trinajstić information content (AvgIpc) is 2.37. The fourth-order valence-electron chi connectivity index (χ4n) is 3.14. The summed E-state index contributed by atoms with van der Waals surface area (Å²) in [5.41, 5.74) is 7.38. The van der Waals surface area contributed by atoms with Gasteiger partial charge in [-0.1, -0.05) is 33.8 Å². The van der Waals surface area contributed by atoms with E-state index in [1.54, 1.807) is 0 Å². The van der Waals surface area contributed by atoms with Gasteiger partial charge in [0, 0.05) is 24.8 Å². The number of nitrogens with two attached hydrogens (primary N) is 1. The topological polar surface area (TPSA) is 42.1 Å². The van der Waals surface area contributed by atoms with Gasteiger partial charge in [-0.3, -0.25) is 9.88 Å². The summed E-state index contributed by atoms with van der Waals surface area (Å²) in [4.78, 5) is 6.85. The minimum absolute atomic E-state index is 0.0693. The summed E-state index contributed by atoms with van der Waals surface area (Å²) in [6.07, 6.45) is 4.12. The number of pyridine rings is 1. The van der Waals surface area contributed by atoms with Gasteiger partial charge < -0.3 is 5.73 Å². The third kappa shape index (κ3) is 4.88. The van der Waals surface area contributed by atoms with Gasteiger partial charge in [-0.2, -0.15) is 0 Å². The first-order valence-corrected chi connectivity index (χ1v) is 7.71. The molecule has 1 aromatic rings. The summed E-state index contributed by atoms with van der Waals surface area (Å²) in [7, 11) is 2.19. The number of nitrogens with zero attached hydrogens (tertiary/aromatic N) is 2. The monoisotopic (exact) mass is 277 g/mol. The lowest BCUT2D eigenvalue weighted by molar-refractivity contribution is 0.0703. The van der Waals surface area contributed by atoms with Crippen LogP contribution in [0.15, 0.2) is 24.4 Å². The van der Waals surface area contributed by atoms with Crippen LogP contribution in [0.2, 0.25) is 0 Å². The van der Waals surface area contributed by atoms with Crippen LogP contribution in [-0.2, 0) is 6.54 Å². The van der Waals surface area contributed by atoms with Crippen LogP contribution in [0.5, 0.6) is 0 Å². The smallest absolute Gasteiger partial charge is 0.0544 e. The molecule has 0 aromatic carbocycles. The van der Waals surface area contributed by atoms with Gasteiger partial charge in [0.15, 0.2) is 0 Å². The molecule has 0 radical (unpaired) electrons. The highest BCUT2D eigenvalue weighted by atomic mass is 15.2. The lowest BCUT2D eigenvalue weighted by atomic mass is 9.80. The van der Waals surface area contributed by atoms with Crippen LogP contribution in [-0.4, -0.2) is 29.0 Å². The van der Waals surface area contributed by atoms with Crippen LogP contribution in [0.1, 0.15) is 46.2 Å². The fourth-order valence-corrected chi connectivity index (χ4v) is 3.14. The van der Waals surface area contributed by atoms with Gasteiger partial charge in [0.1, 0.15) is 0 Å². The van der Waals surface area contributed by atoms with Gasteiger partial charge in [0.2, 0.25) is 0 Å². The normalized spacial score (nSPS) is 12.7. The Labute approximate surface area is 124 Å². The molecule has 0 bridgehead atoms. The molecule has 0 amide bonds. The Morgan fingerprint density at radius 1 is 1.15 bits per heavy atom. The molecular formula is C17H31N3. The van der Waals surface area contributed by atoms with E-state index in [-0.39, 0.29) is 5.54 Å². The molecule has 114 valence electrons. The van der Waals surface area contributed by atoms with Crippen molar-refractivity contribution in [3.8, 4) is 0 Å². The summed E-state index contributed by atoms with van der Waals surface area (Å²) in [5, 5.41) is 0. The third-order valence-corrected chi connectivity index (χ3v) is 3.89. The Morgan fingerprint density at radius 2 is 1.75 bits per heavy atom. The van der Waals surface area contributed by atoms with Crippen molar-refractivity contribution in [1.82, 2.24) is 9.88 Å². The maximum atomic E-state index is 6.20. The van der Waals surface area contributed by atoms with Crippen LogP contribution in [0.25, 0.3) is 0 Å². The Kier molecular flexibility index (Phi) is 6.63. The largest absolute Gasteiger partial charge is 0.329 e. The fraction of sp³-hybridized carbons (Fsp3) is 0.706. The van der Waals surface area contributed by atoms with Gasteiger partial charge in [-0.05, 0) is 43.9 Å². The predicted octanol–water partition coefficient (Wildman–Crippen LogP) is 3.30. The van der Waals surface area contributed by atoms with Crippen molar-refractivity contribution < 1.29 is 0 Å². The lowest BCUT2D eigenvalue weighted by Gasteiger charge is -2.43. The van der Waals surface area contributed by atoms with E-state index in [2.05, 4.69) is 50.7 Å². The van der Waals surface area contributed by atoms with Crippen LogP contribution in [0.4, 0.5) is 0 Å². The quantitative estimate of drug-likeness (QED) is 0.792. The van der Waals surface area contributed by atoms with Gasteiger partial charge in [-0.25, -0.2) is 0 Å². The molecule has 0 aliphatic rings. The van der Waals surface area contributed by atoms with E-state index >= 15 is 0 Å². The van der Waals surface area contributed by atoms with E-state index in [4.69, 9.17) is 5.73 Å². The van der Waals surface area contributed by atoms with Gasteiger partial charge in [0.05, 0.1) is 5.69 Å². The first kappa shape index (κ1) is 17.1. The first-order chi connectivity index (χ1) is 9.39. The van der Waals surface area contributed by atoms with E-state index in [0.29, 0.717) is 18.4 Å². The lowest BCUT2D eigenvalue weighted by Crippen LogP contribution is -2.53. The van der Waals surface area contributed by atoms with Crippen LogP contribution in [0, 0.1) is 11.8 Å². The Hall–Kier alpha value is -0.930. The van der Waals surface area contributed by atoms with Crippen LogP contribution >= 0.6 is 0 Å². The maximum absolute atomic E-state index is 6.20. The van der Waals surface area contributed by atoms with Crippen LogP contribution in [0.3, 0.4) is 0 Å². The summed E-state index contributed by atoms with van der Waals surface area (Å²) in [6.45, 7) is 10.7. The zero-order chi connectivity index (χ0) is 15.2. The summed E-state index contributed by atoms with van der Waals surface area (Å²) in [5.74, 6) is 1.28. The average molecular weight is 277 g/mol. The van der Waals surface area contributed by atoms with Crippen molar-refractivity contribution in [2.75, 3.05) is 13.6 Å². The van der Waals surface area contributed by atoms with Crippen molar-refractivity contribution in [2.24, 2.45) is 17.6 Å². The molecule has 3 heteroatoms. The molecule has 20 heavy (non-hydrogen) atoms. The molecule has 2 N–H and O–H groups in total. The second kappa shape index (κ2) is 7.75. The number of likely N-dealkylation sites (N-methyl/N-ethyl adjacent to an activating group) is 1. The zero-order valence-corrected chi connectivity index (χ0v) is 13.8. The number of rotatable bonds is 8. The van der Waals surface area contributed by atoms with Gasteiger partial charge >= 0.3 is 0 Å². The molecule has 0 unspecified atom stereocenters. The summed E-state index contributed by atoms with van der Waals surface area (Å²) in [6, 6.07) is 6.09. The highest BCUT2D eigenvalue weighted by Crippen LogP contribution is 2.30. The molecule has 1 heterocycles. The van der Waals surface area contributed by atoms with E-state index in [9.17, 15) is 0 Å². The standard InChI is InChI=1S/C17H31N3/c1-14(2)10-17(13-18,11-15(3)4)20(5)12-16-8-6-7-9-19-16/h6-9,14-15H,10-13,18H2,1-5H3.